The first-order chi connectivity index (χ1) is 20.0. The Labute approximate surface area is 249 Å². The molecule has 43 heavy (non-hydrogen) atoms. The standard InChI is InChI=1S/C25H46N8O10/c1-11(2)18(32-20(37)12(3)29-21(38)14(27)7-5-6-8-26)23(40)33-19(13(4)35)24(41)31-16(10-34)22(39)30-15(25(42)43)9-17(28)36/h11-16,18-19,34-35H,5-10,26-27H2,1-4H3,(H2,28,36)(H,29,38)(H,30,39)(H,31,41)(H,32,37)(H,33,40)(H,42,43)/t12-,13+,14-,15-,16-,18-,19-/m0/s1. The Hall–Kier alpha value is -3.87. The van der Waals surface area contributed by atoms with E-state index in [0.29, 0.717) is 25.8 Å². The summed E-state index contributed by atoms with van der Waals surface area (Å²) in [5.41, 5.74) is 16.2. The molecule has 6 amide bonds. The zero-order chi connectivity index (χ0) is 33.4. The average molecular weight is 619 g/mol. The molecule has 18 nitrogen and oxygen atoms in total. The molecule has 0 bridgehead atoms. The fraction of sp³-hybridized carbons (Fsp3) is 0.720. The van der Waals surface area contributed by atoms with E-state index < -0.39 is 103 Å². The van der Waals surface area contributed by atoms with Crippen molar-refractivity contribution in [1.29, 1.82) is 0 Å². The molecular weight excluding hydrogens is 572 g/mol. The fourth-order valence-corrected chi connectivity index (χ4v) is 3.62. The van der Waals surface area contributed by atoms with E-state index in [0.717, 1.165) is 6.92 Å². The van der Waals surface area contributed by atoms with Crippen LogP contribution in [-0.4, -0.2) is 112 Å². The van der Waals surface area contributed by atoms with Gasteiger partial charge in [0.05, 0.1) is 25.2 Å². The minimum Gasteiger partial charge on any atom is -0.480 e. The van der Waals surface area contributed by atoms with Crippen molar-refractivity contribution in [1.82, 2.24) is 26.6 Å². The van der Waals surface area contributed by atoms with Crippen molar-refractivity contribution in [3.05, 3.63) is 0 Å². The van der Waals surface area contributed by atoms with Crippen LogP contribution in [0.4, 0.5) is 0 Å². The lowest BCUT2D eigenvalue weighted by molar-refractivity contribution is -0.144. The van der Waals surface area contributed by atoms with Gasteiger partial charge in [-0.1, -0.05) is 20.3 Å². The monoisotopic (exact) mass is 618 g/mol. The molecule has 0 aliphatic heterocycles. The number of hydrogen-bond acceptors (Lipinski definition) is 11. The second-order valence-corrected chi connectivity index (χ2v) is 10.4. The van der Waals surface area contributed by atoms with Crippen LogP contribution in [0.15, 0.2) is 0 Å². The molecule has 0 aromatic rings. The van der Waals surface area contributed by atoms with Gasteiger partial charge in [-0.3, -0.25) is 28.8 Å². The Morgan fingerprint density at radius 1 is 0.721 bits per heavy atom. The second-order valence-electron chi connectivity index (χ2n) is 10.4. The highest BCUT2D eigenvalue weighted by Gasteiger charge is 2.35. The minimum atomic E-state index is -1.74. The molecule has 0 saturated heterocycles. The number of carboxylic acids is 1. The summed E-state index contributed by atoms with van der Waals surface area (Å²) < 4.78 is 0. The summed E-state index contributed by atoms with van der Waals surface area (Å²) in [6.07, 6.45) is -0.615. The summed E-state index contributed by atoms with van der Waals surface area (Å²) in [5, 5.41) is 40.2. The number of primary amides is 1. The molecule has 18 heteroatoms. The van der Waals surface area contributed by atoms with Crippen molar-refractivity contribution >= 4 is 41.4 Å². The third kappa shape index (κ3) is 14.2. The highest BCUT2D eigenvalue weighted by Crippen LogP contribution is 2.06. The number of aliphatic hydroxyl groups is 2. The van der Waals surface area contributed by atoms with Crippen molar-refractivity contribution in [2.24, 2.45) is 23.1 Å². The van der Waals surface area contributed by atoms with Crippen molar-refractivity contribution < 1.29 is 48.9 Å². The van der Waals surface area contributed by atoms with Gasteiger partial charge in [0.25, 0.3) is 0 Å². The number of carboxylic acid groups (broad SMARTS) is 1. The number of aliphatic hydroxyl groups excluding tert-OH is 2. The number of unbranched alkanes of at least 4 members (excludes halogenated alkanes) is 1. The smallest absolute Gasteiger partial charge is 0.326 e. The highest BCUT2D eigenvalue weighted by atomic mass is 16.4. The lowest BCUT2D eigenvalue weighted by Crippen LogP contribution is -2.62. The number of carbonyl (C=O) groups excluding carboxylic acids is 6. The molecule has 7 atom stereocenters. The molecule has 0 heterocycles. The number of nitrogens with one attached hydrogen (secondary N) is 5. The lowest BCUT2D eigenvalue weighted by Gasteiger charge is -2.28. The predicted molar refractivity (Wildman–Crippen MR) is 151 cm³/mol. The van der Waals surface area contributed by atoms with Crippen molar-refractivity contribution in [2.45, 2.75) is 95.7 Å². The predicted octanol–water partition coefficient (Wildman–Crippen LogP) is -5.12. The van der Waals surface area contributed by atoms with E-state index in [4.69, 9.17) is 22.3 Å². The van der Waals surface area contributed by atoms with Gasteiger partial charge in [0.1, 0.15) is 30.2 Å². The maximum Gasteiger partial charge on any atom is 0.326 e. The van der Waals surface area contributed by atoms with Crippen LogP contribution in [0.2, 0.25) is 0 Å². The molecule has 0 rings (SSSR count). The Bertz CT molecular complexity index is 993. The largest absolute Gasteiger partial charge is 0.480 e. The minimum absolute atomic E-state index is 0.365. The molecule has 246 valence electrons. The normalized spacial score (nSPS) is 15.9. The van der Waals surface area contributed by atoms with Crippen LogP contribution in [-0.2, 0) is 33.6 Å². The molecule has 0 saturated carbocycles. The molecule has 0 radical (unpaired) electrons. The molecule has 0 spiro atoms. The van der Waals surface area contributed by atoms with Gasteiger partial charge in [-0.2, -0.15) is 0 Å². The van der Waals surface area contributed by atoms with Crippen molar-refractivity contribution in [3.63, 3.8) is 0 Å². The Morgan fingerprint density at radius 2 is 1.26 bits per heavy atom. The molecular formula is C25H46N8O10. The number of nitrogens with two attached hydrogens (primary N) is 3. The highest BCUT2D eigenvalue weighted by molar-refractivity contribution is 5.97. The molecule has 0 aliphatic rings. The van der Waals surface area contributed by atoms with E-state index in [9.17, 15) is 43.8 Å². The molecule has 0 fully saturated rings. The van der Waals surface area contributed by atoms with Gasteiger partial charge < -0.3 is 59.1 Å². The zero-order valence-electron chi connectivity index (χ0n) is 24.8. The third-order valence-corrected chi connectivity index (χ3v) is 6.20. The number of hydrogen-bond donors (Lipinski definition) is 11. The van der Waals surface area contributed by atoms with Crippen molar-refractivity contribution in [3.8, 4) is 0 Å². The van der Waals surface area contributed by atoms with Gasteiger partial charge in [0.15, 0.2) is 0 Å². The van der Waals surface area contributed by atoms with E-state index in [2.05, 4.69) is 21.3 Å². The van der Waals surface area contributed by atoms with Gasteiger partial charge in [0.2, 0.25) is 35.4 Å². The molecule has 14 N–H and O–H groups in total. The SMILES string of the molecule is CC(C)[C@H](NC(=O)[C@H](C)NC(=O)[C@@H](N)CCCCN)C(=O)N[C@H](C(=O)N[C@@H](CO)C(=O)N[C@@H](CC(N)=O)C(=O)O)[C@@H](C)O. The van der Waals surface area contributed by atoms with Crippen LogP contribution in [0.3, 0.4) is 0 Å². The molecule has 0 aromatic carbocycles. The van der Waals surface area contributed by atoms with E-state index in [1.165, 1.54) is 6.92 Å². The second kappa shape index (κ2) is 19.3. The average Bonchev–Trinajstić information content (AvgIpc) is 2.91. The van der Waals surface area contributed by atoms with E-state index in [-0.39, 0.29) is 0 Å². The topological polar surface area (TPSA) is 318 Å². The van der Waals surface area contributed by atoms with Gasteiger partial charge in [-0.25, -0.2) is 4.79 Å². The third-order valence-electron chi connectivity index (χ3n) is 6.20. The first-order valence-electron chi connectivity index (χ1n) is 13.7. The maximum atomic E-state index is 13.1. The summed E-state index contributed by atoms with van der Waals surface area (Å²) in [6.45, 7) is 5.17. The number of rotatable bonds is 20. The molecule has 0 aliphatic carbocycles. The van der Waals surface area contributed by atoms with E-state index >= 15 is 0 Å². The lowest BCUT2D eigenvalue weighted by atomic mass is 10.0. The molecule has 0 aromatic heterocycles. The quantitative estimate of drug-likeness (QED) is 0.0571. The van der Waals surface area contributed by atoms with Gasteiger partial charge in [-0.15, -0.1) is 0 Å². The van der Waals surface area contributed by atoms with Gasteiger partial charge >= 0.3 is 5.97 Å². The first kappa shape index (κ1) is 39.1. The number of carbonyl (C=O) groups is 7. The Morgan fingerprint density at radius 3 is 1.72 bits per heavy atom. The summed E-state index contributed by atoms with van der Waals surface area (Å²) in [7, 11) is 0. The summed E-state index contributed by atoms with van der Waals surface area (Å²) in [6, 6.07) is -8.33. The van der Waals surface area contributed by atoms with Crippen LogP contribution in [0.25, 0.3) is 0 Å². The van der Waals surface area contributed by atoms with Crippen LogP contribution >= 0.6 is 0 Å². The summed E-state index contributed by atoms with van der Waals surface area (Å²) in [5.74, 6) is -7.64. The van der Waals surface area contributed by atoms with Crippen LogP contribution in [0.5, 0.6) is 0 Å². The van der Waals surface area contributed by atoms with Gasteiger partial charge in [0, 0.05) is 0 Å². The van der Waals surface area contributed by atoms with Crippen molar-refractivity contribution in [2.75, 3.05) is 13.2 Å². The number of aliphatic carboxylic acids is 1. The van der Waals surface area contributed by atoms with Crippen LogP contribution < -0.4 is 43.8 Å². The zero-order valence-corrected chi connectivity index (χ0v) is 24.8. The Kier molecular flexibility index (Phi) is 17.6. The maximum absolute atomic E-state index is 13.1. The van der Waals surface area contributed by atoms with Crippen LogP contribution in [0, 0.1) is 5.92 Å². The Balaban J connectivity index is 5.46. The van der Waals surface area contributed by atoms with E-state index in [1.54, 1.807) is 13.8 Å². The van der Waals surface area contributed by atoms with Crippen LogP contribution in [0.1, 0.15) is 53.4 Å². The summed E-state index contributed by atoms with van der Waals surface area (Å²) >= 11 is 0. The number of amides is 6. The van der Waals surface area contributed by atoms with Gasteiger partial charge in [-0.05, 0) is 39.2 Å². The van der Waals surface area contributed by atoms with E-state index in [1.807, 2.05) is 5.32 Å². The summed E-state index contributed by atoms with van der Waals surface area (Å²) in [4.78, 5) is 85.8. The molecule has 0 unspecified atom stereocenters. The first-order valence-corrected chi connectivity index (χ1v) is 13.7. The fourth-order valence-electron chi connectivity index (χ4n) is 3.62.